The Morgan fingerprint density at radius 3 is 2.63 bits per heavy atom. The first-order chi connectivity index (χ1) is 18.5. The van der Waals surface area contributed by atoms with E-state index in [4.69, 9.17) is 19.2 Å². The molecule has 1 amide bonds. The number of imidazole rings is 1. The summed E-state index contributed by atoms with van der Waals surface area (Å²) in [5.74, 6) is 3.29. The van der Waals surface area contributed by atoms with E-state index in [0.29, 0.717) is 13.2 Å². The summed E-state index contributed by atoms with van der Waals surface area (Å²) in [6, 6.07) is 21.9. The molecule has 0 radical (unpaired) electrons. The average Bonchev–Trinajstić information content (AvgIpc) is 3.28. The van der Waals surface area contributed by atoms with Gasteiger partial charge in [-0.1, -0.05) is 30.3 Å². The molecule has 1 heterocycles. The van der Waals surface area contributed by atoms with Crippen molar-refractivity contribution in [2.45, 2.75) is 46.1 Å². The predicted molar refractivity (Wildman–Crippen MR) is 150 cm³/mol. The van der Waals surface area contributed by atoms with E-state index >= 15 is 0 Å². The Balaban J connectivity index is 1.23. The number of hydrogen-bond acceptors (Lipinski definition) is 5. The van der Waals surface area contributed by atoms with Crippen molar-refractivity contribution in [3.8, 4) is 17.2 Å². The number of ether oxygens (including phenoxy) is 3. The second kappa shape index (κ2) is 13.5. The first kappa shape index (κ1) is 27.0. The molecular formula is C31H37N3O4. The van der Waals surface area contributed by atoms with Gasteiger partial charge in [0.2, 0.25) is 0 Å². The van der Waals surface area contributed by atoms with E-state index in [9.17, 15) is 4.79 Å². The van der Waals surface area contributed by atoms with E-state index in [1.54, 1.807) is 7.11 Å². The molecule has 200 valence electrons. The summed E-state index contributed by atoms with van der Waals surface area (Å²) in [7, 11) is 1.65. The molecule has 0 spiro atoms. The molecule has 4 rings (SSSR count). The third-order valence-corrected chi connectivity index (χ3v) is 6.42. The molecule has 3 aromatic carbocycles. The van der Waals surface area contributed by atoms with Crippen LogP contribution in [-0.2, 0) is 17.8 Å². The van der Waals surface area contributed by atoms with E-state index < -0.39 is 0 Å². The van der Waals surface area contributed by atoms with Gasteiger partial charge in [-0.2, -0.15) is 0 Å². The quantitative estimate of drug-likeness (QED) is 0.220. The molecule has 1 aromatic heterocycles. The molecule has 4 aromatic rings. The molecule has 0 aliphatic rings. The largest absolute Gasteiger partial charge is 0.497 e. The van der Waals surface area contributed by atoms with Crippen LogP contribution in [0.3, 0.4) is 0 Å². The molecule has 0 bridgehead atoms. The summed E-state index contributed by atoms with van der Waals surface area (Å²) in [6.45, 7) is 6.09. The smallest absolute Gasteiger partial charge is 0.257 e. The fourth-order valence-electron chi connectivity index (χ4n) is 4.35. The number of unbranched alkanes of at least 4 members (excludes halogenated alkanes) is 1. The SMILES string of the molecule is COc1cccc(OCCCCn2c(CCCNC(=O)COc3cc(C)ccc3C)nc3ccccc32)c1. The van der Waals surface area contributed by atoms with Crippen molar-refractivity contribution in [3.05, 3.63) is 83.7 Å². The fraction of sp³-hybridized carbons (Fsp3) is 0.355. The monoisotopic (exact) mass is 515 g/mol. The molecule has 0 atom stereocenters. The molecule has 38 heavy (non-hydrogen) atoms. The number of carbonyl (C=O) groups excluding carboxylic acids is 1. The van der Waals surface area contributed by atoms with Crippen molar-refractivity contribution < 1.29 is 19.0 Å². The third-order valence-electron chi connectivity index (χ3n) is 6.42. The van der Waals surface area contributed by atoms with Crippen LogP contribution in [0.1, 0.15) is 36.2 Å². The summed E-state index contributed by atoms with van der Waals surface area (Å²) < 4.78 is 19.2. The van der Waals surface area contributed by atoms with Crippen molar-refractivity contribution in [1.82, 2.24) is 14.9 Å². The topological polar surface area (TPSA) is 74.6 Å². The van der Waals surface area contributed by atoms with Gasteiger partial charge in [0, 0.05) is 25.6 Å². The van der Waals surface area contributed by atoms with Gasteiger partial charge in [0.05, 0.1) is 24.8 Å². The number of amides is 1. The third kappa shape index (κ3) is 7.51. The van der Waals surface area contributed by atoms with Crippen LogP contribution in [0.2, 0.25) is 0 Å². The molecule has 1 N–H and O–H groups in total. The highest BCUT2D eigenvalue weighted by Crippen LogP contribution is 2.21. The van der Waals surface area contributed by atoms with Gasteiger partial charge in [-0.05, 0) is 74.6 Å². The summed E-state index contributed by atoms with van der Waals surface area (Å²) in [6.07, 6.45) is 3.49. The number of fused-ring (bicyclic) bond motifs is 1. The molecule has 0 saturated carbocycles. The van der Waals surface area contributed by atoms with Crippen LogP contribution in [-0.4, -0.2) is 42.3 Å². The highest BCUT2D eigenvalue weighted by Gasteiger charge is 2.11. The van der Waals surface area contributed by atoms with Crippen LogP contribution in [0.5, 0.6) is 17.2 Å². The van der Waals surface area contributed by atoms with Crippen molar-refractivity contribution in [2.75, 3.05) is 26.9 Å². The Morgan fingerprint density at radius 2 is 1.76 bits per heavy atom. The van der Waals surface area contributed by atoms with Crippen LogP contribution >= 0.6 is 0 Å². The summed E-state index contributed by atoms with van der Waals surface area (Å²) >= 11 is 0. The number of carbonyl (C=O) groups is 1. The maximum atomic E-state index is 12.3. The minimum absolute atomic E-state index is 0.0145. The van der Waals surface area contributed by atoms with Gasteiger partial charge in [-0.15, -0.1) is 0 Å². The van der Waals surface area contributed by atoms with Gasteiger partial charge >= 0.3 is 0 Å². The van der Waals surface area contributed by atoms with Gasteiger partial charge < -0.3 is 24.1 Å². The second-order valence-corrected chi connectivity index (χ2v) is 9.41. The standard InChI is InChI=1S/C31H37N3O4/c1-23-15-16-24(2)29(20-23)38-22-31(35)32-17-9-14-30-33-27-12-4-5-13-28(27)34(30)18-6-7-19-37-26-11-8-10-25(21-26)36-3/h4-5,8,10-13,15-16,20-21H,6-7,9,14,17-19,22H2,1-3H3,(H,32,35). The van der Waals surface area contributed by atoms with E-state index in [2.05, 4.69) is 16.0 Å². The Bertz CT molecular complexity index is 1350. The number of aromatic nitrogens is 2. The van der Waals surface area contributed by atoms with E-state index in [-0.39, 0.29) is 12.5 Å². The van der Waals surface area contributed by atoms with Crippen LogP contribution in [0.15, 0.2) is 66.7 Å². The lowest BCUT2D eigenvalue weighted by molar-refractivity contribution is -0.123. The van der Waals surface area contributed by atoms with Crippen molar-refractivity contribution in [2.24, 2.45) is 0 Å². The first-order valence-electron chi connectivity index (χ1n) is 13.2. The molecule has 0 aliphatic carbocycles. The van der Waals surface area contributed by atoms with E-state index in [1.807, 2.05) is 74.5 Å². The zero-order valence-electron chi connectivity index (χ0n) is 22.5. The number of methoxy groups -OCH3 is 1. The Morgan fingerprint density at radius 1 is 0.921 bits per heavy atom. The molecule has 0 aliphatic heterocycles. The minimum atomic E-state index is -0.115. The maximum absolute atomic E-state index is 12.3. The zero-order chi connectivity index (χ0) is 26.7. The summed E-state index contributed by atoms with van der Waals surface area (Å²) in [5, 5.41) is 2.97. The molecule has 0 saturated heterocycles. The fourth-order valence-corrected chi connectivity index (χ4v) is 4.35. The number of aryl methyl sites for hydroxylation is 4. The van der Waals surface area contributed by atoms with Crippen LogP contribution < -0.4 is 19.5 Å². The van der Waals surface area contributed by atoms with E-state index in [0.717, 1.165) is 77.5 Å². The number of para-hydroxylation sites is 2. The Hall–Kier alpha value is -4.00. The highest BCUT2D eigenvalue weighted by atomic mass is 16.5. The highest BCUT2D eigenvalue weighted by molar-refractivity contribution is 5.77. The Kier molecular flexibility index (Phi) is 9.62. The number of hydrogen-bond donors (Lipinski definition) is 1. The lowest BCUT2D eigenvalue weighted by Crippen LogP contribution is -2.30. The van der Waals surface area contributed by atoms with Gasteiger partial charge in [0.1, 0.15) is 23.1 Å². The molecule has 7 nitrogen and oxygen atoms in total. The Labute approximate surface area is 224 Å². The molecule has 0 fully saturated rings. The van der Waals surface area contributed by atoms with Crippen LogP contribution in [0.4, 0.5) is 0 Å². The van der Waals surface area contributed by atoms with Crippen molar-refractivity contribution >= 4 is 16.9 Å². The normalized spacial score (nSPS) is 10.9. The number of rotatable bonds is 14. The van der Waals surface area contributed by atoms with Gasteiger partial charge in [0.15, 0.2) is 6.61 Å². The van der Waals surface area contributed by atoms with Gasteiger partial charge in [-0.25, -0.2) is 4.98 Å². The molecular weight excluding hydrogens is 478 g/mol. The minimum Gasteiger partial charge on any atom is -0.497 e. The number of nitrogens with zero attached hydrogens (tertiary/aromatic N) is 2. The van der Waals surface area contributed by atoms with E-state index in [1.165, 1.54) is 0 Å². The van der Waals surface area contributed by atoms with Crippen molar-refractivity contribution in [3.63, 3.8) is 0 Å². The van der Waals surface area contributed by atoms with Crippen molar-refractivity contribution in [1.29, 1.82) is 0 Å². The summed E-state index contributed by atoms with van der Waals surface area (Å²) in [4.78, 5) is 17.2. The molecule has 0 unspecified atom stereocenters. The van der Waals surface area contributed by atoms with Gasteiger partial charge in [0.25, 0.3) is 5.91 Å². The number of nitrogens with one attached hydrogen (secondary N) is 1. The zero-order valence-corrected chi connectivity index (χ0v) is 22.5. The summed E-state index contributed by atoms with van der Waals surface area (Å²) in [5.41, 5.74) is 4.27. The molecule has 7 heteroatoms. The lowest BCUT2D eigenvalue weighted by atomic mass is 10.1. The first-order valence-corrected chi connectivity index (χ1v) is 13.2. The van der Waals surface area contributed by atoms with Crippen LogP contribution in [0, 0.1) is 13.8 Å². The maximum Gasteiger partial charge on any atom is 0.257 e. The van der Waals surface area contributed by atoms with Gasteiger partial charge in [-0.3, -0.25) is 4.79 Å². The second-order valence-electron chi connectivity index (χ2n) is 9.41. The lowest BCUT2D eigenvalue weighted by Gasteiger charge is -2.12. The number of benzene rings is 3. The van der Waals surface area contributed by atoms with Crippen LogP contribution in [0.25, 0.3) is 11.0 Å². The average molecular weight is 516 g/mol. The predicted octanol–water partition coefficient (Wildman–Crippen LogP) is 5.65.